The van der Waals surface area contributed by atoms with Gasteiger partial charge >= 0.3 is 0 Å². The smallest absolute Gasteiger partial charge is 0.217 e. The fourth-order valence-electron chi connectivity index (χ4n) is 1.63. The van der Waals surface area contributed by atoms with Crippen LogP contribution in [0.1, 0.15) is 30.4 Å². The van der Waals surface area contributed by atoms with Crippen molar-refractivity contribution in [3.05, 3.63) is 35.1 Å². The van der Waals surface area contributed by atoms with Crippen LogP contribution in [-0.2, 0) is 11.3 Å². The van der Waals surface area contributed by atoms with E-state index in [0.717, 1.165) is 37.1 Å². The van der Waals surface area contributed by atoms with Gasteiger partial charge in [0.1, 0.15) is 5.82 Å². The zero-order chi connectivity index (χ0) is 12.7. The molecule has 1 amide bonds. The average molecular weight is 238 g/mol. The van der Waals surface area contributed by atoms with Crippen molar-refractivity contribution in [2.24, 2.45) is 5.73 Å². The average Bonchev–Trinajstić information content (AvgIpc) is 2.25. The minimum Gasteiger partial charge on any atom is -0.370 e. The van der Waals surface area contributed by atoms with Crippen molar-refractivity contribution < 1.29 is 9.18 Å². The van der Waals surface area contributed by atoms with Crippen molar-refractivity contribution in [2.45, 2.75) is 32.7 Å². The second kappa shape index (κ2) is 7.01. The number of primary amides is 1. The third-order valence-corrected chi connectivity index (χ3v) is 2.65. The molecule has 0 fully saturated rings. The van der Waals surface area contributed by atoms with Crippen molar-refractivity contribution in [3.8, 4) is 0 Å². The van der Waals surface area contributed by atoms with E-state index in [2.05, 4.69) is 5.32 Å². The summed E-state index contributed by atoms with van der Waals surface area (Å²) in [4.78, 5) is 10.5. The van der Waals surface area contributed by atoms with E-state index in [1.165, 1.54) is 12.1 Å². The Morgan fingerprint density at radius 2 is 2.18 bits per heavy atom. The zero-order valence-corrected chi connectivity index (χ0v) is 10.1. The standard InChI is InChI=1S/C13H19FN2O/c1-10-8-12(14)6-5-11(10)9-16-7-3-2-4-13(15)17/h5-6,8,16H,2-4,7,9H2,1H3,(H2,15,17). The highest BCUT2D eigenvalue weighted by atomic mass is 19.1. The molecular weight excluding hydrogens is 219 g/mol. The van der Waals surface area contributed by atoms with Crippen LogP contribution in [0.2, 0.25) is 0 Å². The number of benzene rings is 1. The van der Waals surface area contributed by atoms with E-state index >= 15 is 0 Å². The van der Waals surface area contributed by atoms with Gasteiger partial charge in [0.25, 0.3) is 0 Å². The summed E-state index contributed by atoms with van der Waals surface area (Å²) in [5.41, 5.74) is 7.09. The minimum atomic E-state index is -0.251. The summed E-state index contributed by atoms with van der Waals surface area (Å²) in [6.45, 7) is 3.46. The molecule has 1 aromatic rings. The summed E-state index contributed by atoms with van der Waals surface area (Å²) in [5, 5.41) is 3.26. The summed E-state index contributed by atoms with van der Waals surface area (Å²) in [5.74, 6) is -0.452. The largest absolute Gasteiger partial charge is 0.370 e. The Labute approximate surface area is 101 Å². The van der Waals surface area contributed by atoms with Crippen LogP contribution in [-0.4, -0.2) is 12.5 Å². The van der Waals surface area contributed by atoms with Crippen LogP contribution in [0.5, 0.6) is 0 Å². The number of amides is 1. The molecular formula is C13H19FN2O. The van der Waals surface area contributed by atoms with Crippen LogP contribution in [0.4, 0.5) is 4.39 Å². The molecule has 0 aromatic heterocycles. The van der Waals surface area contributed by atoms with Crippen LogP contribution in [0.15, 0.2) is 18.2 Å². The number of unbranched alkanes of at least 4 members (excludes halogenated alkanes) is 1. The van der Waals surface area contributed by atoms with Gasteiger partial charge < -0.3 is 11.1 Å². The zero-order valence-electron chi connectivity index (χ0n) is 10.1. The van der Waals surface area contributed by atoms with Crippen molar-refractivity contribution in [1.82, 2.24) is 5.32 Å². The first-order valence-electron chi connectivity index (χ1n) is 5.83. The Kier molecular flexibility index (Phi) is 5.63. The monoisotopic (exact) mass is 238 g/mol. The molecule has 0 aliphatic heterocycles. The van der Waals surface area contributed by atoms with Gasteiger partial charge in [-0.1, -0.05) is 6.07 Å². The van der Waals surface area contributed by atoms with E-state index < -0.39 is 0 Å². The molecule has 0 aliphatic rings. The number of aryl methyl sites for hydroxylation is 1. The van der Waals surface area contributed by atoms with Gasteiger partial charge in [-0.05, 0) is 49.6 Å². The summed E-state index contributed by atoms with van der Waals surface area (Å²) in [6.07, 6.45) is 2.17. The molecule has 4 heteroatoms. The van der Waals surface area contributed by atoms with E-state index in [0.29, 0.717) is 6.42 Å². The fourth-order valence-corrected chi connectivity index (χ4v) is 1.63. The van der Waals surface area contributed by atoms with Crippen LogP contribution in [0.25, 0.3) is 0 Å². The topological polar surface area (TPSA) is 55.1 Å². The van der Waals surface area contributed by atoms with Gasteiger partial charge in [0, 0.05) is 13.0 Å². The normalized spacial score (nSPS) is 10.5. The molecule has 0 heterocycles. The van der Waals surface area contributed by atoms with E-state index in [4.69, 9.17) is 5.73 Å². The van der Waals surface area contributed by atoms with Crippen molar-refractivity contribution in [1.29, 1.82) is 0 Å². The second-order valence-electron chi connectivity index (χ2n) is 4.17. The maximum atomic E-state index is 12.8. The van der Waals surface area contributed by atoms with Gasteiger partial charge in [-0.15, -0.1) is 0 Å². The maximum absolute atomic E-state index is 12.8. The number of carbonyl (C=O) groups is 1. The van der Waals surface area contributed by atoms with Crippen LogP contribution >= 0.6 is 0 Å². The molecule has 17 heavy (non-hydrogen) atoms. The lowest BCUT2D eigenvalue weighted by molar-refractivity contribution is -0.118. The highest BCUT2D eigenvalue weighted by Crippen LogP contribution is 2.09. The lowest BCUT2D eigenvalue weighted by atomic mass is 10.1. The van der Waals surface area contributed by atoms with Crippen molar-refractivity contribution in [3.63, 3.8) is 0 Å². The highest BCUT2D eigenvalue weighted by molar-refractivity contribution is 5.73. The van der Waals surface area contributed by atoms with E-state index in [1.54, 1.807) is 6.07 Å². The number of halogens is 1. The Balaban J connectivity index is 2.20. The third kappa shape index (κ3) is 5.45. The molecule has 94 valence electrons. The SMILES string of the molecule is Cc1cc(F)ccc1CNCCCCC(N)=O. The Bertz CT molecular complexity index is 380. The van der Waals surface area contributed by atoms with Gasteiger partial charge in [-0.3, -0.25) is 4.79 Å². The molecule has 1 rings (SSSR count). The Morgan fingerprint density at radius 1 is 1.41 bits per heavy atom. The Morgan fingerprint density at radius 3 is 2.82 bits per heavy atom. The molecule has 3 N–H and O–H groups in total. The van der Waals surface area contributed by atoms with Crippen molar-refractivity contribution >= 4 is 5.91 Å². The first-order chi connectivity index (χ1) is 8.09. The number of nitrogens with two attached hydrogens (primary N) is 1. The molecule has 0 radical (unpaired) electrons. The Hall–Kier alpha value is -1.42. The minimum absolute atomic E-state index is 0.201. The fraction of sp³-hybridized carbons (Fsp3) is 0.462. The predicted octanol–water partition coefficient (Wildman–Crippen LogP) is 1.88. The third-order valence-electron chi connectivity index (χ3n) is 2.65. The second-order valence-corrected chi connectivity index (χ2v) is 4.17. The van der Waals surface area contributed by atoms with E-state index in [-0.39, 0.29) is 11.7 Å². The highest BCUT2D eigenvalue weighted by Gasteiger charge is 1.99. The van der Waals surface area contributed by atoms with Crippen LogP contribution in [0.3, 0.4) is 0 Å². The number of rotatable bonds is 7. The van der Waals surface area contributed by atoms with Crippen LogP contribution < -0.4 is 11.1 Å². The van der Waals surface area contributed by atoms with Gasteiger partial charge in [-0.25, -0.2) is 4.39 Å². The molecule has 0 saturated carbocycles. The molecule has 0 unspecified atom stereocenters. The summed E-state index contributed by atoms with van der Waals surface area (Å²) in [6, 6.07) is 4.79. The quantitative estimate of drug-likeness (QED) is 0.713. The van der Waals surface area contributed by atoms with Crippen LogP contribution in [0, 0.1) is 12.7 Å². The van der Waals surface area contributed by atoms with Gasteiger partial charge in [0.15, 0.2) is 0 Å². The molecule has 0 spiro atoms. The summed E-state index contributed by atoms with van der Waals surface area (Å²) in [7, 11) is 0. The van der Waals surface area contributed by atoms with Gasteiger partial charge in [0.2, 0.25) is 5.91 Å². The lowest BCUT2D eigenvalue weighted by Gasteiger charge is -2.07. The first-order valence-corrected chi connectivity index (χ1v) is 5.83. The lowest BCUT2D eigenvalue weighted by Crippen LogP contribution is -2.16. The van der Waals surface area contributed by atoms with E-state index in [1.807, 2.05) is 6.92 Å². The molecule has 0 atom stereocenters. The van der Waals surface area contributed by atoms with E-state index in [9.17, 15) is 9.18 Å². The molecule has 0 bridgehead atoms. The summed E-state index contributed by atoms with van der Waals surface area (Å²) < 4.78 is 12.8. The maximum Gasteiger partial charge on any atom is 0.217 e. The number of carbonyl (C=O) groups excluding carboxylic acids is 1. The number of nitrogens with one attached hydrogen (secondary N) is 1. The molecule has 1 aromatic carbocycles. The number of hydrogen-bond donors (Lipinski definition) is 2. The number of hydrogen-bond acceptors (Lipinski definition) is 2. The van der Waals surface area contributed by atoms with Gasteiger partial charge in [-0.2, -0.15) is 0 Å². The summed E-state index contributed by atoms with van der Waals surface area (Å²) >= 11 is 0. The molecule has 0 aliphatic carbocycles. The first kappa shape index (κ1) is 13.6. The molecule has 0 saturated heterocycles. The van der Waals surface area contributed by atoms with Crippen molar-refractivity contribution in [2.75, 3.05) is 6.54 Å². The molecule has 3 nitrogen and oxygen atoms in total. The predicted molar refractivity (Wildman–Crippen MR) is 65.9 cm³/mol. The van der Waals surface area contributed by atoms with Gasteiger partial charge in [0.05, 0.1) is 0 Å².